The predicted octanol–water partition coefficient (Wildman–Crippen LogP) is 1.96. The van der Waals surface area contributed by atoms with E-state index in [0.717, 1.165) is 24.0 Å². The Kier molecular flexibility index (Phi) is 6.27. The molecule has 0 bridgehead atoms. The van der Waals surface area contributed by atoms with Crippen LogP contribution in [-0.4, -0.2) is 42.7 Å². The summed E-state index contributed by atoms with van der Waals surface area (Å²) in [6.45, 7) is 3.26. The zero-order chi connectivity index (χ0) is 26.3. The molecular formula is C26H27N7O4. The summed E-state index contributed by atoms with van der Waals surface area (Å²) >= 11 is 0. The first-order valence-electron chi connectivity index (χ1n) is 12.1. The van der Waals surface area contributed by atoms with E-state index in [9.17, 15) is 19.7 Å². The summed E-state index contributed by atoms with van der Waals surface area (Å²) in [5.74, 6) is 6.46. The molecule has 2 aromatic carbocycles. The summed E-state index contributed by atoms with van der Waals surface area (Å²) < 4.78 is 4.28. The van der Waals surface area contributed by atoms with Gasteiger partial charge in [0.1, 0.15) is 0 Å². The number of nitro groups is 1. The lowest BCUT2D eigenvalue weighted by molar-refractivity contribution is -0.383. The van der Waals surface area contributed by atoms with Gasteiger partial charge in [0, 0.05) is 32.2 Å². The molecule has 2 aromatic heterocycles. The lowest BCUT2D eigenvalue weighted by Crippen LogP contribution is -2.44. The lowest BCUT2D eigenvalue weighted by atomic mass is 10.0. The molecule has 1 saturated heterocycles. The molecule has 3 heterocycles. The van der Waals surface area contributed by atoms with Gasteiger partial charge in [-0.15, -0.1) is 5.92 Å². The van der Waals surface area contributed by atoms with Crippen LogP contribution in [-0.2, 0) is 20.1 Å². The lowest BCUT2D eigenvalue weighted by Gasteiger charge is -2.31. The van der Waals surface area contributed by atoms with E-state index in [1.807, 2.05) is 4.90 Å². The van der Waals surface area contributed by atoms with Crippen molar-refractivity contribution in [1.82, 2.24) is 18.7 Å². The molecule has 1 aliphatic rings. The molecule has 1 unspecified atom stereocenters. The number of benzene rings is 2. The average molecular weight is 502 g/mol. The highest BCUT2D eigenvalue weighted by Crippen LogP contribution is 2.29. The number of anilines is 1. The van der Waals surface area contributed by atoms with Gasteiger partial charge in [-0.2, -0.15) is 4.98 Å². The molecular weight excluding hydrogens is 474 g/mol. The molecule has 0 amide bonds. The second kappa shape index (κ2) is 9.55. The number of hydrogen-bond acceptors (Lipinski definition) is 7. The number of non-ortho nitro benzene ring substituents is 1. The number of nitrogens with two attached hydrogens (primary N) is 1. The fourth-order valence-corrected chi connectivity index (χ4v) is 5.05. The smallest absolute Gasteiger partial charge is 0.332 e. The molecule has 0 saturated carbocycles. The number of aromatic nitrogens is 4. The average Bonchev–Trinajstić information content (AvgIpc) is 3.28. The number of hydrogen-bond donors (Lipinski definition) is 1. The van der Waals surface area contributed by atoms with Gasteiger partial charge in [0.2, 0.25) is 5.95 Å². The van der Waals surface area contributed by atoms with E-state index in [-0.39, 0.29) is 36.0 Å². The Morgan fingerprint density at radius 1 is 1.16 bits per heavy atom. The van der Waals surface area contributed by atoms with Crippen molar-refractivity contribution in [2.45, 2.75) is 38.9 Å². The summed E-state index contributed by atoms with van der Waals surface area (Å²) in [5.41, 5.74) is 6.36. The number of aryl methyl sites for hydroxylation is 1. The van der Waals surface area contributed by atoms with Gasteiger partial charge in [0.25, 0.3) is 11.2 Å². The standard InChI is InChI=1S/C26H27N7O4/c1-3-4-14-31-22-23(28-25(31)30-13-7-8-18(27)16-30)29(2)26(35)32(24(22)34)15-17-11-12-21(33(36)37)20-10-6-5-9-19(17)20/h5-6,9-12,18H,7-8,13-16,27H2,1-2H3. The number of piperidine rings is 1. The summed E-state index contributed by atoms with van der Waals surface area (Å²) in [4.78, 5) is 45.1. The van der Waals surface area contributed by atoms with Crippen molar-refractivity contribution in [3.05, 3.63) is 72.9 Å². The summed E-state index contributed by atoms with van der Waals surface area (Å²) in [6.07, 6.45) is 1.82. The van der Waals surface area contributed by atoms with Crippen LogP contribution in [0.1, 0.15) is 25.3 Å². The molecule has 1 aliphatic heterocycles. The fourth-order valence-electron chi connectivity index (χ4n) is 5.05. The molecule has 11 nitrogen and oxygen atoms in total. The number of nitrogens with zero attached hydrogens (tertiary/aromatic N) is 6. The molecule has 1 fully saturated rings. The highest BCUT2D eigenvalue weighted by Gasteiger charge is 2.26. The maximum Gasteiger partial charge on any atom is 0.332 e. The van der Waals surface area contributed by atoms with E-state index in [0.29, 0.717) is 28.8 Å². The van der Waals surface area contributed by atoms with Crippen LogP contribution in [0, 0.1) is 22.0 Å². The zero-order valence-electron chi connectivity index (χ0n) is 20.7. The Labute approximate surface area is 211 Å². The highest BCUT2D eigenvalue weighted by atomic mass is 16.6. The summed E-state index contributed by atoms with van der Waals surface area (Å²) in [5, 5.41) is 12.6. The van der Waals surface area contributed by atoms with Gasteiger partial charge in [0.05, 0.1) is 23.4 Å². The quantitative estimate of drug-likeness (QED) is 0.251. The second-order valence-electron chi connectivity index (χ2n) is 9.22. The van der Waals surface area contributed by atoms with E-state index in [2.05, 4.69) is 11.8 Å². The number of imidazole rings is 1. The van der Waals surface area contributed by atoms with Crippen LogP contribution in [0.4, 0.5) is 11.6 Å². The Hall–Kier alpha value is -4.43. The zero-order valence-corrected chi connectivity index (χ0v) is 20.7. The van der Waals surface area contributed by atoms with E-state index in [1.165, 1.54) is 10.6 Å². The Bertz CT molecular complexity index is 1720. The van der Waals surface area contributed by atoms with Crippen molar-refractivity contribution < 1.29 is 4.92 Å². The molecule has 0 spiro atoms. The van der Waals surface area contributed by atoms with E-state index >= 15 is 0 Å². The predicted molar refractivity (Wildman–Crippen MR) is 142 cm³/mol. The fraction of sp³-hybridized carbons (Fsp3) is 0.346. The van der Waals surface area contributed by atoms with Crippen LogP contribution >= 0.6 is 0 Å². The number of nitro benzene ring substituents is 1. The summed E-state index contributed by atoms with van der Waals surface area (Å²) in [6, 6.07) is 9.90. The topological polar surface area (TPSA) is 134 Å². The Morgan fingerprint density at radius 2 is 1.92 bits per heavy atom. The van der Waals surface area contributed by atoms with E-state index < -0.39 is 16.2 Å². The SMILES string of the molecule is CC#CCn1c(N2CCCC(N)C2)nc2c1c(=O)n(Cc1ccc([N+](=O)[O-])c3ccccc13)c(=O)n2C. The van der Waals surface area contributed by atoms with E-state index in [4.69, 9.17) is 10.7 Å². The van der Waals surface area contributed by atoms with Gasteiger partial charge in [-0.1, -0.05) is 24.1 Å². The van der Waals surface area contributed by atoms with Crippen molar-refractivity contribution in [2.75, 3.05) is 18.0 Å². The second-order valence-corrected chi connectivity index (χ2v) is 9.22. The molecule has 2 N–H and O–H groups in total. The van der Waals surface area contributed by atoms with Gasteiger partial charge in [-0.3, -0.25) is 28.6 Å². The maximum absolute atomic E-state index is 13.9. The summed E-state index contributed by atoms with van der Waals surface area (Å²) in [7, 11) is 1.59. The molecule has 11 heteroatoms. The minimum absolute atomic E-state index is 0.00447. The highest BCUT2D eigenvalue weighted by molar-refractivity contribution is 5.93. The van der Waals surface area contributed by atoms with Crippen LogP contribution in [0.3, 0.4) is 0 Å². The van der Waals surface area contributed by atoms with E-state index in [1.54, 1.807) is 48.9 Å². The molecule has 190 valence electrons. The van der Waals surface area contributed by atoms with Crippen LogP contribution in [0.25, 0.3) is 21.9 Å². The monoisotopic (exact) mass is 501 g/mol. The van der Waals surface area contributed by atoms with Crippen LogP contribution in [0.5, 0.6) is 0 Å². The van der Waals surface area contributed by atoms with Crippen molar-refractivity contribution in [3.8, 4) is 11.8 Å². The third-order valence-electron chi connectivity index (χ3n) is 6.88. The van der Waals surface area contributed by atoms with Crippen LogP contribution in [0.2, 0.25) is 0 Å². The van der Waals surface area contributed by atoms with Crippen LogP contribution < -0.4 is 21.9 Å². The first-order chi connectivity index (χ1) is 17.8. The van der Waals surface area contributed by atoms with Crippen molar-refractivity contribution in [3.63, 3.8) is 0 Å². The number of fused-ring (bicyclic) bond motifs is 2. The minimum atomic E-state index is -0.520. The largest absolute Gasteiger partial charge is 0.341 e. The minimum Gasteiger partial charge on any atom is -0.341 e. The van der Waals surface area contributed by atoms with Gasteiger partial charge in [0.15, 0.2) is 11.2 Å². The van der Waals surface area contributed by atoms with Gasteiger partial charge < -0.3 is 10.6 Å². The Balaban J connectivity index is 1.71. The Morgan fingerprint density at radius 3 is 2.62 bits per heavy atom. The third-order valence-corrected chi connectivity index (χ3v) is 6.88. The molecule has 1 atom stereocenters. The molecule has 37 heavy (non-hydrogen) atoms. The molecule has 4 aromatic rings. The third kappa shape index (κ3) is 4.15. The van der Waals surface area contributed by atoms with Gasteiger partial charge in [-0.05, 0) is 42.8 Å². The van der Waals surface area contributed by atoms with Crippen molar-refractivity contribution >= 4 is 33.6 Å². The molecule has 5 rings (SSSR count). The van der Waals surface area contributed by atoms with Crippen molar-refractivity contribution in [2.24, 2.45) is 12.8 Å². The molecule has 0 aliphatic carbocycles. The van der Waals surface area contributed by atoms with Gasteiger partial charge in [-0.25, -0.2) is 4.79 Å². The molecule has 0 radical (unpaired) electrons. The number of rotatable bonds is 5. The van der Waals surface area contributed by atoms with Crippen molar-refractivity contribution in [1.29, 1.82) is 0 Å². The normalized spacial score (nSPS) is 15.6. The maximum atomic E-state index is 13.9. The first-order valence-corrected chi connectivity index (χ1v) is 12.1. The first kappa shape index (κ1) is 24.3. The van der Waals surface area contributed by atoms with Gasteiger partial charge >= 0.3 is 5.69 Å². The van der Waals surface area contributed by atoms with Crippen LogP contribution in [0.15, 0.2) is 46.0 Å².